The predicted octanol–water partition coefficient (Wildman–Crippen LogP) is 1.10. The molecule has 8 nitrogen and oxygen atoms in total. The molecule has 2 N–H and O–H groups in total. The van der Waals surface area contributed by atoms with Gasteiger partial charge in [-0.3, -0.25) is 4.79 Å². The Bertz CT molecular complexity index is 812. The maximum Gasteiger partial charge on any atom is 0.307 e. The molecule has 2 rings (SSSR count). The van der Waals surface area contributed by atoms with Crippen molar-refractivity contribution in [1.82, 2.24) is 9.88 Å². The molecular formula is C14H16N2O6S. The summed E-state index contributed by atoms with van der Waals surface area (Å²) in [7, 11) is -2.43. The average Bonchev–Trinajstić information content (AvgIpc) is 2.90. The van der Waals surface area contributed by atoms with E-state index in [0.29, 0.717) is 17.2 Å². The smallest absolute Gasteiger partial charge is 0.307 e. The number of benzene rings is 1. The van der Waals surface area contributed by atoms with Gasteiger partial charge in [-0.1, -0.05) is 5.16 Å². The van der Waals surface area contributed by atoms with Gasteiger partial charge in [-0.15, -0.1) is 0 Å². The molecule has 0 aliphatic carbocycles. The highest BCUT2D eigenvalue weighted by Gasteiger charge is 2.18. The summed E-state index contributed by atoms with van der Waals surface area (Å²) < 4.78 is 36.9. The first-order chi connectivity index (χ1) is 10.8. The fraction of sp³-hybridized carbons (Fsp3) is 0.286. The second kappa shape index (κ2) is 6.80. The molecule has 124 valence electrons. The van der Waals surface area contributed by atoms with Crippen molar-refractivity contribution in [3.8, 4) is 5.75 Å². The third-order valence-electron chi connectivity index (χ3n) is 3.02. The van der Waals surface area contributed by atoms with E-state index in [1.807, 2.05) is 0 Å². The highest BCUT2D eigenvalue weighted by Crippen LogP contribution is 2.23. The zero-order chi connectivity index (χ0) is 17.0. The van der Waals surface area contributed by atoms with Crippen LogP contribution in [0.25, 0.3) is 0 Å². The molecule has 0 fully saturated rings. The third-order valence-corrected chi connectivity index (χ3v) is 4.42. The second-order valence-electron chi connectivity index (χ2n) is 4.80. The van der Waals surface area contributed by atoms with Gasteiger partial charge in [0.1, 0.15) is 5.75 Å². The standard InChI is InChI=1S/C14H16N2O6S/c1-9-5-11(22-16-9)8-15-23(19,20)12-3-4-13(21-2)10(6-12)7-14(17)18/h3-6,15H,7-8H2,1-2H3,(H,17,18). The average molecular weight is 340 g/mol. The highest BCUT2D eigenvalue weighted by molar-refractivity contribution is 7.89. The van der Waals surface area contributed by atoms with Crippen LogP contribution in [-0.4, -0.2) is 31.8 Å². The monoisotopic (exact) mass is 340 g/mol. The lowest BCUT2D eigenvalue weighted by Gasteiger charge is -2.10. The Balaban J connectivity index is 2.23. The number of carbonyl (C=O) groups is 1. The van der Waals surface area contributed by atoms with E-state index >= 15 is 0 Å². The van der Waals surface area contributed by atoms with Gasteiger partial charge in [-0.05, 0) is 25.1 Å². The first kappa shape index (κ1) is 17.0. The summed E-state index contributed by atoms with van der Waals surface area (Å²) in [5, 5.41) is 12.6. The molecule has 0 unspecified atom stereocenters. The SMILES string of the molecule is COc1ccc(S(=O)(=O)NCc2cc(C)no2)cc1CC(=O)O. The minimum absolute atomic E-state index is 0.0502. The van der Waals surface area contributed by atoms with Crippen LogP contribution in [0.1, 0.15) is 17.0 Å². The van der Waals surface area contributed by atoms with Gasteiger partial charge in [-0.25, -0.2) is 13.1 Å². The van der Waals surface area contributed by atoms with Gasteiger partial charge in [0, 0.05) is 11.6 Å². The lowest BCUT2D eigenvalue weighted by molar-refractivity contribution is -0.136. The summed E-state index contributed by atoms with van der Waals surface area (Å²) >= 11 is 0. The van der Waals surface area contributed by atoms with Crippen molar-refractivity contribution >= 4 is 16.0 Å². The molecule has 0 atom stereocenters. The summed E-state index contributed by atoms with van der Waals surface area (Å²) in [4.78, 5) is 10.8. The van der Waals surface area contributed by atoms with Gasteiger partial charge in [0.15, 0.2) is 5.76 Å². The van der Waals surface area contributed by atoms with E-state index in [4.69, 9.17) is 14.4 Å². The van der Waals surface area contributed by atoms with Gasteiger partial charge >= 0.3 is 5.97 Å². The van der Waals surface area contributed by atoms with Crippen LogP contribution in [-0.2, 0) is 27.8 Å². The molecule has 9 heteroatoms. The molecule has 0 aliphatic heterocycles. The van der Waals surface area contributed by atoms with E-state index < -0.39 is 16.0 Å². The number of aryl methyl sites for hydroxylation is 1. The Hall–Kier alpha value is -2.39. The summed E-state index contributed by atoms with van der Waals surface area (Å²) in [6, 6.07) is 5.66. The van der Waals surface area contributed by atoms with Crippen LogP contribution in [0.5, 0.6) is 5.75 Å². The van der Waals surface area contributed by atoms with E-state index in [-0.39, 0.29) is 23.4 Å². The number of nitrogens with one attached hydrogen (secondary N) is 1. The molecule has 2 aromatic rings. The fourth-order valence-corrected chi connectivity index (χ4v) is 3.02. The summed E-state index contributed by atoms with van der Waals surface area (Å²) in [5.74, 6) is -0.384. The zero-order valence-corrected chi connectivity index (χ0v) is 13.4. The number of rotatable bonds is 7. The Morgan fingerprint density at radius 3 is 2.70 bits per heavy atom. The molecule has 0 bridgehead atoms. The van der Waals surface area contributed by atoms with Crippen LogP contribution in [0.15, 0.2) is 33.7 Å². The number of ether oxygens (including phenoxy) is 1. The number of carboxylic acid groups (broad SMARTS) is 1. The number of hydrogen-bond acceptors (Lipinski definition) is 6. The number of carboxylic acids is 1. The Morgan fingerprint density at radius 1 is 1.39 bits per heavy atom. The first-order valence-electron chi connectivity index (χ1n) is 6.62. The van der Waals surface area contributed by atoms with Crippen LogP contribution >= 0.6 is 0 Å². The van der Waals surface area contributed by atoms with Crippen molar-refractivity contribution in [3.63, 3.8) is 0 Å². The molecule has 0 amide bonds. The molecule has 0 aliphatic rings. The molecule has 1 aromatic carbocycles. The van der Waals surface area contributed by atoms with Crippen molar-refractivity contribution in [2.75, 3.05) is 7.11 Å². The third kappa shape index (κ3) is 4.30. The van der Waals surface area contributed by atoms with E-state index in [1.54, 1.807) is 13.0 Å². The zero-order valence-electron chi connectivity index (χ0n) is 12.6. The molecule has 0 spiro atoms. The number of aliphatic carboxylic acids is 1. The Kier molecular flexibility index (Phi) is 5.02. The van der Waals surface area contributed by atoms with Crippen LogP contribution in [0.2, 0.25) is 0 Å². The topological polar surface area (TPSA) is 119 Å². The van der Waals surface area contributed by atoms with Crippen LogP contribution in [0.4, 0.5) is 0 Å². The Labute approximate surface area is 133 Å². The number of methoxy groups -OCH3 is 1. The van der Waals surface area contributed by atoms with Crippen LogP contribution in [0.3, 0.4) is 0 Å². The lowest BCUT2D eigenvalue weighted by Crippen LogP contribution is -2.23. The van der Waals surface area contributed by atoms with Crippen molar-refractivity contribution in [1.29, 1.82) is 0 Å². The predicted molar refractivity (Wildman–Crippen MR) is 79.6 cm³/mol. The highest BCUT2D eigenvalue weighted by atomic mass is 32.2. The number of aromatic nitrogens is 1. The normalized spacial score (nSPS) is 11.4. The van der Waals surface area contributed by atoms with Gasteiger partial charge in [-0.2, -0.15) is 0 Å². The lowest BCUT2D eigenvalue weighted by atomic mass is 10.1. The Morgan fingerprint density at radius 2 is 2.13 bits per heavy atom. The number of hydrogen-bond donors (Lipinski definition) is 2. The van der Waals surface area contributed by atoms with Gasteiger partial charge < -0.3 is 14.4 Å². The van der Waals surface area contributed by atoms with Gasteiger partial charge in [0.2, 0.25) is 10.0 Å². The van der Waals surface area contributed by atoms with E-state index in [1.165, 1.54) is 25.3 Å². The summed E-state index contributed by atoms with van der Waals surface area (Å²) in [5.41, 5.74) is 0.922. The second-order valence-corrected chi connectivity index (χ2v) is 6.57. The van der Waals surface area contributed by atoms with Crippen molar-refractivity contribution in [2.45, 2.75) is 24.8 Å². The van der Waals surface area contributed by atoms with Gasteiger partial charge in [0.05, 0.1) is 30.7 Å². The van der Waals surface area contributed by atoms with Gasteiger partial charge in [0.25, 0.3) is 0 Å². The van der Waals surface area contributed by atoms with Crippen molar-refractivity contribution in [3.05, 3.63) is 41.3 Å². The van der Waals surface area contributed by atoms with E-state index in [0.717, 1.165) is 0 Å². The van der Waals surface area contributed by atoms with Crippen molar-refractivity contribution < 1.29 is 27.6 Å². The quantitative estimate of drug-likeness (QED) is 0.774. The molecule has 1 aromatic heterocycles. The van der Waals surface area contributed by atoms with E-state index in [9.17, 15) is 13.2 Å². The van der Waals surface area contributed by atoms with Crippen LogP contribution < -0.4 is 9.46 Å². The minimum Gasteiger partial charge on any atom is -0.496 e. The number of nitrogens with zero attached hydrogens (tertiary/aromatic N) is 1. The molecule has 0 saturated heterocycles. The molecular weight excluding hydrogens is 324 g/mol. The summed E-state index contributed by atoms with van der Waals surface area (Å²) in [6.45, 7) is 1.67. The maximum atomic E-state index is 12.3. The maximum absolute atomic E-state index is 12.3. The largest absolute Gasteiger partial charge is 0.496 e. The minimum atomic E-state index is -3.82. The van der Waals surface area contributed by atoms with Crippen molar-refractivity contribution in [2.24, 2.45) is 0 Å². The fourth-order valence-electron chi connectivity index (χ4n) is 1.97. The number of sulfonamides is 1. The molecule has 0 saturated carbocycles. The first-order valence-corrected chi connectivity index (χ1v) is 8.10. The molecule has 0 radical (unpaired) electrons. The molecule has 1 heterocycles. The molecule has 23 heavy (non-hydrogen) atoms. The van der Waals surface area contributed by atoms with E-state index in [2.05, 4.69) is 9.88 Å². The van der Waals surface area contributed by atoms with Crippen LogP contribution in [0, 0.1) is 6.92 Å². The summed E-state index contributed by atoms with van der Waals surface area (Å²) in [6.07, 6.45) is -0.339.